The Morgan fingerprint density at radius 3 is 2.46 bits per heavy atom. The Hall–Kier alpha value is -0.740. The molecular weight excluding hydrogens is 191 g/mol. The van der Waals surface area contributed by atoms with Gasteiger partial charge in [0.25, 0.3) is 0 Å². The standard InChI is InChI=1S/C9H11FO2S/c10-9-5-3-8(4-6-9)2-1-7-13(11)12/h3-6H,1-2,7H2,(H,11,12)/p-1. The summed E-state index contributed by atoms with van der Waals surface area (Å²) in [7, 11) is 0. The summed E-state index contributed by atoms with van der Waals surface area (Å²) in [6, 6.07) is 6.10. The monoisotopic (exact) mass is 201 g/mol. The van der Waals surface area contributed by atoms with Crippen LogP contribution in [0.2, 0.25) is 0 Å². The van der Waals surface area contributed by atoms with Gasteiger partial charge in [-0.05, 0) is 30.5 Å². The van der Waals surface area contributed by atoms with Crippen LogP contribution in [0.3, 0.4) is 0 Å². The average Bonchev–Trinajstić information content (AvgIpc) is 2.08. The average molecular weight is 201 g/mol. The fourth-order valence-corrected chi connectivity index (χ4v) is 1.43. The van der Waals surface area contributed by atoms with Gasteiger partial charge in [0.05, 0.1) is 0 Å². The van der Waals surface area contributed by atoms with Crippen LogP contribution in [0, 0.1) is 5.82 Å². The third kappa shape index (κ3) is 4.15. The third-order valence-corrected chi connectivity index (χ3v) is 2.31. The van der Waals surface area contributed by atoms with Crippen LogP contribution >= 0.6 is 0 Å². The number of aryl methyl sites for hydroxylation is 1. The van der Waals surface area contributed by atoms with Crippen LogP contribution in [0.1, 0.15) is 12.0 Å². The smallest absolute Gasteiger partial charge is 0.123 e. The molecule has 13 heavy (non-hydrogen) atoms. The van der Waals surface area contributed by atoms with Gasteiger partial charge in [0.2, 0.25) is 0 Å². The number of hydrogen-bond donors (Lipinski definition) is 0. The summed E-state index contributed by atoms with van der Waals surface area (Å²) in [6.07, 6.45) is 1.26. The molecular formula is C9H10FO2S-. The lowest BCUT2D eigenvalue weighted by Crippen LogP contribution is -1.97. The lowest BCUT2D eigenvalue weighted by molar-refractivity contribution is 0.535. The Morgan fingerprint density at radius 2 is 1.92 bits per heavy atom. The first-order chi connectivity index (χ1) is 6.18. The molecule has 0 fully saturated rings. The van der Waals surface area contributed by atoms with E-state index >= 15 is 0 Å². The molecule has 1 aromatic rings. The summed E-state index contributed by atoms with van der Waals surface area (Å²) < 4.78 is 32.8. The van der Waals surface area contributed by atoms with Gasteiger partial charge >= 0.3 is 0 Å². The molecule has 1 rings (SSSR count). The van der Waals surface area contributed by atoms with E-state index in [9.17, 15) is 13.2 Å². The number of benzene rings is 1. The van der Waals surface area contributed by atoms with Gasteiger partial charge in [0.1, 0.15) is 5.82 Å². The molecule has 0 amide bonds. The van der Waals surface area contributed by atoms with E-state index in [1.165, 1.54) is 12.1 Å². The maximum absolute atomic E-state index is 12.4. The van der Waals surface area contributed by atoms with E-state index in [1.54, 1.807) is 12.1 Å². The second-order valence-corrected chi connectivity index (χ2v) is 3.75. The van der Waals surface area contributed by atoms with Crippen LogP contribution in [0.5, 0.6) is 0 Å². The molecule has 0 spiro atoms. The molecule has 1 aromatic carbocycles. The fraction of sp³-hybridized carbons (Fsp3) is 0.333. The molecule has 0 aliphatic rings. The molecule has 0 aliphatic carbocycles. The number of rotatable bonds is 4. The Kier molecular flexibility index (Phi) is 4.05. The topological polar surface area (TPSA) is 40.1 Å². The van der Waals surface area contributed by atoms with E-state index in [0.29, 0.717) is 12.8 Å². The van der Waals surface area contributed by atoms with Gasteiger partial charge in [-0.2, -0.15) is 0 Å². The van der Waals surface area contributed by atoms with Crippen molar-refractivity contribution < 1.29 is 13.2 Å². The van der Waals surface area contributed by atoms with Crippen LogP contribution in [-0.4, -0.2) is 14.5 Å². The van der Waals surface area contributed by atoms with E-state index in [2.05, 4.69) is 0 Å². The molecule has 0 aromatic heterocycles. The summed E-state index contributed by atoms with van der Waals surface area (Å²) >= 11 is -1.97. The fourth-order valence-electron chi connectivity index (χ4n) is 1.05. The summed E-state index contributed by atoms with van der Waals surface area (Å²) in [5, 5.41) is 0. The minimum Gasteiger partial charge on any atom is -0.772 e. The van der Waals surface area contributed by atoms with Crippen LogP contribution in [0.15, 0.2) is 24.3 Å². The van der Waals surface area contributed by atoms with Crippen molar-refractivity contribution in [1.82, 2.24) is 0 Å². The Balaban J connectivity index is 2.37. The van der Waals surface area contributed by atoms with Crippen molar-refractivity contribution in [2.75, 3.05) is 5.75 Å². The molecule has 1 unspecified atom stereocenters. The predicted molar refractivity (Wildman–Crippen MR) is 48.5 cm³/mol. The zero-order chi connectivity index (χ0) is 9.68. The maximum Gasteiger partial charge on any atom is 0.123 e. The normalized spacial score (nSPS) is 12.8. The molecule has 4 heteroatoms. The molecule has 0 N–H and O–H groups in total. The molecule has 0 radical (unpaired) electrons. The second kappa shape index (κ2) is 5.09. The Labute approximate surface area is 79.1 Å². The van der Waals surface area contributed by atoms with Crippen molar-refractivity contribution in [3.63, 3.8) is 0 Å². The van der Waals surface area contributed by atoms with Crippen LogP contribution in [0.4, 0.5) is 4.39 Å². The highest BCUT2D eigenvalue weighted by atomic mass is 32.2. The third-order valence-electron chi connectivity index (χ3n) is 1.69. The molecule has 1 atom stereocenters. The van der Waals surface area contributed by atoms with E-state index in [0.717, 1.165) is 5.56 Å². The van der Waals surface area contributed by atoms with Gasteiger partial charge in [-0.25, -0.2) is 4.39 Å². The molecule has 0 bridgehead atoms. The van der Waals surface area contributed by atoms with Gasteiger partial charge in [-0.3, -0.25) is 4.21 Å². The lowest BCUT2D eigenvalue weighted by Gasteiger charge is -2.04. The van der Waals surface area contributed by atoms with Crippen LogP contribution < -0.4 is 0 Å². The first-order valence-corrected chi connectivity index (χ1v) is 5.23. The first-order valence-electron chi connectivity index (χ1n) is 3.99. The van der Waals surface area contributed by atoms with Crippen molar-refractivity contribution in [3.8, 4) is 0 Å². The SMILES string of the molecule is O=S([O-])CCCc1ccc(F)cc1. The predicted octanol–water partition coefficient (Wildman–Crippen LogP) is 1.64. The minimum atomic E-state index is -1.97. The second-order valence-electron chi connectivity index (χ2n) is 2.74. The minimum absolute atomic E-state index is 0.164. The lowest BCUT2D eigenvalue weighted by atomic mass is 10.1. The highest BCUT2D eigenvalue weighted by Crippen LogP contribution is 2.05. The summed E-state index contributed by atoms with van der Waals surface area (Å²) in [5.74, 6) is -0.103. The summed E-state index contributed by atoms with van der Waals surface area (Å²) in [6.45, 7) is 0. The van der Waals surface area contributed by atoms with E-state index in [1.807, 2.05) is 0 Å². The highest BCUT2D eigenvalue weighted by molar-refractivity contribution is 7.79. The van der Waals surface area contributed by atoms with Crippen molar-refractivity contribution >= 4 is 11.1 Å². The number of hydrogen-bond acceptors (Lipinski definition) is 2. The van der Waals surface area contributed by atoms with Gasteiger partial charge in [0, 0.05) is 5.75 Å². The molecule has 72 valence electrons. The molecule has 0 saturated heterocycles. The molecule has 0 aliphatic heterocycles. The summed E-state index contributed by atoms with van der Waals surface area (Å²) in [4.78, 5) is 0. The van der Waals surface area contributed by atoms with E-state index < -0.39 is 11.1 Å². The molecule has 2 nitrogen and oxygen atoms in total. The first kappa shape index (κ1) is 10.3. The maximum atomic E-state index is 12.4. The molecule has 0 heterocycles. The Morgan fingerprint density at radius 1 is 1.31 bits per heavy atom. The summed E-state index contributed by atoms with van der Waals surface area (Å²) in [5.41, 5.74) is 0.965. The zero-order valence-electron chi connectivity index (χ0n) is 7.03. The van der Waals surface area contributed by atoms with Crippen molar-refractivity contribution in [2.45, 2.75) is 12.8 Å². The van der Waals surface area contributed by atoms with Crippen molar-refractivity contribution in [2.24, 2.45) is 0 Å². The molecule has 0 saturated carbocycles. The quantitative estimate of drug-likeness (QED) is 0.695. The van der Waals surface area contributed by atoms with E-state index in [-0.39, 0.29) is 11.6 Å². The van der Waals surface area contributed by atoms with Gasteiger partial charge in [-0.1, -0.05) is 23.2 Å². The highest BCUT2D eigenvalue weighted by Gasteiger charge is 1.93. The largest absolute Gasteiger partial charge is 0.772 e. The van der Waals surface area contributed by atoms with Crippen LogP contribution in [-0.2, 0) is 17.5 Å². The van der Waals surface area contributed by atoms with Crippen LogP contribution in [0.25, 0.3) is 0 Å². The van der Waals surface area contributed by atoms with Gasteiger partial charge < -0.3 is 4.55 Å². The van der Waals surface area contributed by atoms with Crippen molar-refractivity contribution in [3.05, 3.63) is 35.6 Å². The zero-order valence-corrected chi connectivity index (χ0v) is 7.85. The Bertz CT molecular complexity index is 284. The van der Waals surface area contributed by atoms with Crippen molar-refractivity contribution in [1.29, 1.82) is 0 Å². The van der Waals surface area contributed by atoms with Gasteiger partial charge in [-0.15, -0.1) is 0 Å². The van der Waals surface area contributed by atoms with Gasteiger partial charge in [0.15, 0.2) is 0 Å². The number of halogens is 1. The van der Waals surface area contributed by atoms with E-state index in [4.69, 9.17) is 0 Å².